The van der Waals surface area contributed by atoms with Crippen LogP contribution in [0, 0.1) is 13.8 Å². The number of nitrogens with zero attached hydrogens (tertiary/aromatic N) is 2. The van der Waals surface area contributed by atoms with E-state index in [0.717, 1.165) is 5.56 Å². The van der Waals surface area contributed by atoms with E-state index in [4.69, 9.17) is 16.3 Å². The molecule has 9 heteroatoms. The highest BCUT2D eigenvalue weighted by Gasteiger charge is 2.12. The fraction of sp³-hybridized carbons (Fsp3) is 0.273. The summed E-state index contributed by atoms with van der Waals surface area (Å²) in [6.45, 7) is 3.65. The molecule has 0 spiro atoms. The van der Waals surface area contributed by atoms with Crippen LogP contribution in [0.1, 0.15) is 24.2 Å². The lowest BCUT2D eigenvalue weighted by Crippen LogP contribution is -2.44. The molecule has 1 aromatic heterocycles. The summed E-state index contributed by atoms with van der Waals surface area (Å²) in [6.07, 6.45) is 0.639. The molecular weight excluding hydrogens is 420 g/mol. The predicted octanol–water partition coefficient (Wildman–Crippen LogP) is 2.67. The standard InChI is InChI=1S/C22H23ClN4O4/c1-14-12-16(23)9-10-19(14)31-11-5-8-20(28)25-26-21(29)13-27-15(2)24-18-7-4-3-6-17(18)22(27)30/h3-4,6-7,9-10,12H,5,8,11,13H2,1-2H3,(H,25,28)(H,26,29). The number of benzene rings is 2. The number of hydrogen-bond donors (Lipinski definition) is 2. The highest BCUT2D eigenvalue weighted by molar-refractivity contribution is 6.30. The minimum atomic E-state index is -0.524. The number of hydrazine groups is 1. The number of halogens is 1. The number of aryl methyl sites for hydroxylation is 2. The van der Waals surface area contributed by atoms with Gasteiger partial charge in [-0.15, -0.1) is 0 Å². The first-order valence-corrected chi connectivity index (χ1v) is 10.2. The number of fused-ring (bicyclic) bond motifs is 1. The second-order valence-corrected chi connectivity index (χ2v) is 7.46. The third kappa shape index (κ3) is 5.82. The molecule has 1 heterocycles. The number of nitrogens with one attached hydrogen (secondary N) is 2. The normalized spacial score (nSPS) is 10.7. The molecule has 162 valence electrons. The zero-order valence-electron chi connectivity index (χ0n) is 17.3. The summed E-state index contributed by atoms with van der Waals surface area (Å²) in [6, 6.07) is 12.3. The lowest BCUT2D eigenvalue weighted by molar-refractivity contribution is -0.129. The highest BCUT2D eigenvalue weighted by Crippen LogP contribution is 2.21. The molecule has 0 bridgehead atoms. The van der Waals surface area contributed by atoms with Crippen molar-refractivity contribution in [3.63, 3.8) is 0 Å². The van der Waals surface area contributed by atoms with E-state index in [0.29, 0.717) is 40.5 Å². The fourth-order valence-corrected chi connectivity index (χ4v) is 3.27. The average molecular weight is 443 g/mol. The maximum absolute atomic E-state index is 12.6. The molecule has 0 aliphatic carbocycles. The van der Waals surface area contributed by atoms with E-state index in [9.17, 15) is 14.4 Å². The van der Waals surface area contributed by atoms with Crippen molar-refractivity contribution >= 4 is 34.3 Å². The molecule has 3 rings (SSSR count). The number of carbonyl (C=O) groups excluding carboxylic acids is 2. The van der Waals surface area contributed by atoms with Crippen LogP contribution in [0.15, 0.2) is 47.3 Å². The zero-order chi connectivity index (χ0) is 22.4. The molecule has 3 aromatic rings. The molecule has 0 unspecified atom stereocenters. The van der Waals surface area contributed by atoms with Crippen molar-refractivity contribution in [1.29, 1.82) is 0 Å². The Labute approximate surface area is 184 Å². The van der Waals surface area contributed by atoms with Crippen LogP contribution >= 0.6 is 11.6 Å². The van der Waals surface area contributed by atoms with Crippen molar-refractivity contribution in [2.24, 2.45) is 0 Å². The van der Waals surface area contributed by atoms with E-state index in [2.05, 4.69) is 15.8 Å². The van der Waals surface area contributed by atoms with E-state index < -0.39 is 5.91 Å². The molecule has 2 N–H and O–H groups in total. The van der Waals surface area contributed by atoms with Gasteiger partial charge in [0.2, 0.25) is 5.91 Å². The first-order valence-electron chi connectivity index (χ1n) is 9.78. The number of ether oxygens (including phenoxy) is 1. The first-order chi connectivity index (χ1) is 14.8. The molecule has 8 nitrogen and oxygen atoms in total. The van der Waals surface area contributed by atoms with E-state index in [1.807, 2.05) is 6.92 Å². The zero-order valence-corrected chi connectivity index (χ0v) is 18.0. The van der Waals surface area contributed by atoms with E-state index >= 15 is 0 Å². The van der Waals surface area contributed by atoms with Crippen LogP contribution in [-0.4, -0.2) is 28.0 Å². The van der Waals surface area contributed by atoms with E-state index in [1.165, 1.54) is 4.57 Å². The van der Waals surface area contributed by atoms with Gasteiger partial charge in [-0.05, 0) is 56.2 Å². The number of para-hydroxylation sites is 1. The second kappa shape index (κ2) is 10.1. The van der Waals surface area contributed by atoms with Crippen LogP contribution in [-0.2, 0) is 16.1 Å². The van der Waals surface area contributed by atoms with Crippen LogP contribution in [0.5, 0.6) is 5.75 Å². The molecular formula is C22H23ClN4O4. The van der Waals surface area contributed by atoms with Gasteiger partial charge in [0, 0.05) is 11.4 Å². The van der Waals surface area contributed by atoms with Crippen molar-refractivity contribution in [3.05, 3.63) is 69.2 Å². The number of amides is 2. The average Bonchev–Trinajstić information content (AvgIpc) is 2.74. The van der Waals surface area contributed by atoms with Gasteiger partial charge in [-0.3, -0.25) is 29.8 Å². The van der Waals surface area contributed by atoms with Crippen LogP contribution in [0.25, 0.3) is 10.9 Å². The summed E-state index contributed by atoms with van der Waals surface area (Å²) in [5, 5.41) is 1.07. The summed E-state index contributed by atoms with van der Waals surface area (Å²) in [4.78, 5) is 41.1. The molecule has 0 saturated heterocycles. The Kier molecular flexibility index (Phi) is 7.25. The Morgan fingerprint density at radius 1 is 1.10 bits per heavy atom. The Bertz CT molecular complexity index is 1180. The summed E-state index contributed by atoms with van der Waals surface area (Å²) >= 11 is 5.91. The lowest BCUT2D eigenvalue weighted by atomic mass is 10.2. The molecule has 0 radical (unpaired) electrons. The largest absolute Gasteiger partial charge is 0.493 e. The highest BCUT2D eigenvalue weighted by atomic mass is 35.5. The number of aromatic nitrogens is 2. The lowest BCUT2D eigenvalue weighted by Gasteiger charge is -2.12. The Hall–Kier alpha value is -3.39. The third-order valence-electron chi connectivity index (χ3n) is 4.64. The molecule has 0 fully saturated rings. The van der Waals surface area contributed by atoms with Gasteiger partial charge >= 0.3 is 0 Å². The van der Waals surface area contributed by atoms with Crippen LogP contribution in [0.4, 0.5) is 0 Å². The summed E-state index contributed by atoms with van der Waals surface area (Å²) in [5.41, 5.74) is 5.86. The first kappa shape index (κ1) is 22.3. The van der Waals surface area contributed by atoms with Gasteiger partial charge in [0.1, 0.15) is 18.1 Å². The maximum atomic E-state index is 12.6. The minimum Gasteiger partial charge on any atom is -0.493 e. The van der Waals surface area contributed by atoms with Crippen LogP contribution in [0.2, 0.25) is 5.02 Å². The Balaban J connectivity index is 1.45. The second-order valence-electron chi connectivity index (χ2n) is 7.03. The van der Waals surface area contributed by atoms with Crippen LogP contribution in [0.3, 0.4) is 0 Å². The Morgan fingerprint density at radius 3 is 2.61 bits per heavy atom. The smallest absolute Gasteiger partial charge is 0.261 e. The SMILES string of the molecule is Cc1cc(Cl)ccc1OCCCC(=O)NNC(=O)Cn1c(C)nc2ccccc2c1=O. The summed E-state index contributed by atoms with van der Waals surface area (Å²) in [7, 11) is 0. The van der Waals surface area contributed by atoms with E-state index in [-0.39, 0.29) is 24.4 Å². The molecule has 2 aromatic carbocycles. The predicted molar refractivity (Wildman–Crippen MR) is 118 cm³/mol. The number of carbonyl (C=O) groups is 2. The van der Waals surface area contributed by atoms with Gasteiger partial charge in [-0.25, -0.2) is 4.98 Å². The minimum absolute atomic E-state index is 0.170. The third-order valence-corrected chi connectivity index (χ3v) is 4.87. The number of rotatable bonds is 7. The molecule has 31 heavy (non-hydrogen) atoms. The maximum Gasteiger partial charge on any atom is 0.261 e. The quantitative estimate of drug-likeness (QED) is 0.432. The molecule has 0 atom stereocenters. The van der Waals surface area contributed by atoms with Crippen LogP contribution < -0.4 is 21.1 Å². The van der Waals surface area contributed by atoms with Crippen molar-refractivity contribution in [1.82, 2.24) is 20.4 Å². The van der Waals surface area contributed by atoms with Gasteiger partial charge in [0.15, 0.2) is 0 Å². The van der Waals surface area contributed by atoms with Crippen molar-refractivity contribution in [2.45, 2.75) is 33.2 Å². The molecule has 0 saturated carbocycles. The van der Waals surface area contributed by atoms with Gasteiger partial charge in [-0.1, -0.05) is 23.7 Å². The van der Waals surface area contributed by atoms with Gasteiger partial charge < -0.3 is 4.74 Å². The van der Waals surface area contributed by atoms with Crippen molar-refractivity contribution < 1.29 is 14.3 Å². The van der Waals surface area contributed by atoms with Crippen molar-refractivity contribution in [2.75, 3.05) is 6.61 Å². The fourth-order valence-electron chi connectivity index (χ4n) is 3.04. The summed E-state index contributed by atoms with van der Waals surface area (Å²) < 4.78 is 6.91. The molecule has 0 aliphatic heterocycles. The summed E-state index contributed by atoms with van der Waals surface area (Å²) in [5.74, 6) is 0.247. The molecule has 0 aliphatic rings. The van der Waals surface area contributed by atoms with Crippen molar-refractivity contribution in [3.8, 4) is 5.75 Å². The van der Waals surface area contributed by atoms with E-state index in [1.54, 1.807) is 49.4 Å². The van der Waals surface area contributed by atoms with Gasteiger partial charge in [-0.2, -0.15) is 0 Å². The topological polar surface area (TPSA) is 102 Å². The number of hydrogen-bond acceptors (Lipinski definition) is 5. The van der Waals surface area contributed by atoms with Gasteiger partial charge in [0.25, 0.3) is 11.5 Å². The monoisotopic (exact) mass is 442 g/mol. The van der Waals surface area contributed by atoms with Gasteiger partial charge in [0.05, 0.1) is 17.5 Å². The Morgan fingerprint density at radius 2 is 1.84 bits per heavy atom. The molecule has 2 amide bonds.